The molecule has 0 aromatic heterocycles. The summed E-state index contributed by atoms with van der Waals surface area (Å²) < 4.78 is 0. The van der Waals surface area contributed by atoms with E-state index in [1.165, 1.54) is 56.9 Å². The van der Waals surface area contributed by atoms with Crippen LogP contribution < -0.4 is 0 Å². The summed E-state index contributed by atoms with van der Waals surface area (Å²) in [5.41, 5.74) is 1.38. The first-order chi connectivity index (χ1) is 8.61. The van der Waals surface area contributed by atoms with Gasteiger partial charge in [0.25, 0.3) is 0 Å². The third kappa shape index (κ3) is 3.24. The Labute approximate surface area is 112 Å². The summed E-state index contributed by atoms with van der Waals surface area (Å²) in [6, 6.07) is 0. The van der Waals surface area contributed by atoms with Crippen molar-refractivity contribution in [3.8, 4) is 0 Å². The molecule has 0 aromatic rings. The minimum atomic E-state index is 0.201. The SMILES string of the molecule is CC1(C)CC(=O)/C2=C\CCCCCCCCC[C@H]21. The Bertz CT molecular complexity index is 325. The number of hydrogen-bond acceptors (Lipinski definition) is 1. The number of ketones is 1. The molecule has 1 saturated carbocycles. The molecule has 0 spiro atoms. The van der Waals surface area contributed by atoms with Gasteiger partial charge in [-0.25, -0.2) is 0 Å². The summed E-state index contributed by atoms with van der Waals surface area (Å²) in [5.74, 6) is 0.964. The van der Waals surface area contributed by atoms with E-state index in [2.05, 4.69) is 19.9 Å². The van der Waals surface area contributed by atoms with Crippen molar-refractivity contribution < 1.29 is 4.79 Å². The number of fused-ring (bicyclic) bond motifs is 1. The van der Waals surface area contributed by atoms with Gasteiger partial charge in [0, 0.05) is 6.42 Å². The highest BCUT2D eigenvalue weighted by Crippen LogP contribution is 2.47. The zero-order valence-corrected chi connectivity index (χ0v) is 12.1. The molecule has 2 aliphatic carbocycles. The number of carbonyl (C=O) groups is 1. The number of rotatable bonds is 0. The van der Waals surface area contributed by atoms with Gasteiger partial charge in [-0.15, -0.1) is 0 Å². The molecule has 0 heterocycles. The summed E-state index contributed by atoms with van der Waals surface area (Å²) in [5, 5.41) is 0. The lowest BCUT2D eigenvalue weighted by atomic mass is 9.77. The van der Waals surface area contributed by atoms with Crippen molar-refractivity contribution >= 4 is 5.78 Å². The fraction of sp³-hybridized carbons (Fsp3) is 0.824. The molecule has 0 unspecified atom stereocenters. The van der Waals surface area contributed by atoms with Crippen molar-refractivity contribution in [3.05, 3.63) is 11.6 Å². The molecule has 0 aromatic carbocycles. The molecular weight excluding hydrogens is 220 g/mol. The van der Waals surface area contributed by atoms with E-state index in [1.54, 1.807) is 0 Å². The van der Waals surface area contributed by atoms with Gasteiger partial charge in [0.05, 0.1) is 0 Å². The van der Waals surface area contributed by atoms with Crippen LogP contribution in [0.1, 0.15) is 78.1 Å². The van der Waals surface area contributed by atoms with Crippen molar-refractivity contribution in [1.82, 2.24) is 0 Å². The van der Waals surface area contributed by atoms with E-state index in [0.717, 1.165) is 12.8 Å². The monoisotopic (exact) mass is 248 g/mol. The minimum Gasteiger partial charge on any atom is -0.295 e. The van der Waals surface area contributed by atoms with Gasteiger partial charge < -0.3 is 0 Å². The Morgan fingerprint density at radius 3 is 2.33 bits per heavy atom. The predicted molar refractivity (Wildman–Crippen MR) is 76.5 cm³/mol. The van der Waals surface area contributed by atoms with Crippen LogP contribution >= 0.6 is 0 Å². The normalized spacial score (nSPS) is 32.9. The Balaban J connectivity index is 2.11. The maximum Gasteiger partial charge on any atom is 0.159 e. The Morgan fingerprint density at radius 1 is 1.00 bits per heavy atom. The van der Waals surface area contributed by atoms with Gasteiger partial charge in [-0.2, -0.15) is 0 Å². The first-order valence-corrected chi connectivity index (χ1v) is 7.84. The Kier molecular flexibility index (Phi) is 4.64. The van der Waals surface area contributed by atoms with Crippen molar-refractivity contribution in [1.29, 1.82) is 0 Å². The van der Waals surface area contributed by atoms with Gasteiger partial charge in [-0.1, -0.05) is 58.4 Å². The first kappa shape index (κ1) is 13.8. The van der Waals surface area contributed by atoms with Crippen molar-refractivity contribution in [3.63, 3.8) is 0 Å². The lowest BCUT2D eigenvalue weighted by Gasteiger charge is -2.27. The van der Waals surface area contributed by atoms with Crippen LogP contribution in [0.2, 0.25) is 0 Å². The second-order valence-electron chi connectivity index (χ2n) is 6.85. The van der Waals surface area contributed by atoms with Crippen LogP contribution in [-0.2, 0) is 4.79 Å². The Hall–Kier alpha value is -0.590. The predicted octanol–water partition coefficient (Wildman–Crippen LogP) is 5.05. The van der Waals surface area contributed by atoms with Crippen LogP contribution in [0.25, 0.3) is 0 Å². The third-order valence-electron chi connectivity index (χ3n) is 4.82. The molecule has 2 rings (SSSR count). The Morgan fingerprint density at radius 2 is 1.61 bits per heavy atom. The summed E-state index contributed by atoms with van der Waals surface area (Å²) in [4.78, 5) is 12.2. The van der Waals surface area contributed by atoms with Gasteiger partial charge in [-0.05, 0) is 36.2 Å². The van der Waals surface area contributed by atoms with E-state index < -0.39 is 0 Å². The van der Waals surface area contributed by atoms with E-state index in [0.29, 0.717) is 11.7 Å². The minimum absolute atomic E-state index is 0.201. The largest absolute Gasteiger partial charge is 0.295 e. The second-order valence-corrected chi connectivity index (χ2v) is 6.85. The third-order valence-corrected chi connectivity index (χ3v) is 4.82. The maximum absolute atomic E-state index is 12.2. The van der Waals surface area contributed by atoms with Crippen LogP contribution in [0.3, 0.4) is 0 Å². The summed E-state index contributed by atoms with van der Waals surface area (Å²) in [7, 11) is 0. The molecule has 0 saturated heterocycles. The zero-order chi connectivity index (χ0) is 13.0. The molecule has 1 fully saturated rings. The fourth-order valence-electron chi connectivity index (χ4n) is 3.69. The lowest BCUT2D eigenvalue weighted by Crippen LogP contribution is -2.18. The second kappa shape index (κ2) is 6.04. The molecule has 0 amide bonds. The zero-order valence-electron chi connectivity index (χ0n) is 12.1. The van der Waals surface area contributed by atoms with Gasteiger partial charge in [-0.3, -0.25) is 4.79 Å². The smallest absolute Gasteiger partial charge is 0.159 e. The highest BCUT2D eigenvalue weighted by Gasteiger charge is 2.42. The molecular formula is C17H28O. The molecule has 1 atom stereocenters. The van der Waals surface area contributed by atoms with Gasteiger partial charge >= 0.3 is 0 Å². The van der Waals surface area contributed by atoms with Crippen LogP contribution in [0.4, 0.5) is 0 Å². The van der Waals surface area contributed by atoms with E-state index >= 15 is 0 Å². The molecule has 102 valence electrons. The van der Waals surface area contributed by atoms with Gasteiger partial charge in [0.2, 0.25) is 0 Å². The average Bonchev–Trinajstić information content (AvgIpc) is 2.48. The van der Waals surface area contributed by atoms with Gasteiger partial charge in [0.15, 0.2) is 5.78 Å². The number of carbonyl (C=O) groups excluding carboxylic acids is 1. The first-order valence-electron chi connectivity index (χ1n) is 7.84. The van der Waals surface area contributed by atoms with Gasteiger partial charge in [0.1, 0.15) is 0 Å². The standard InChI is InChI=1S/C17H28O/c1-17(2)13-16(18)14-11-9-7-5-3-4-6-8-10-12-15(14)17/h11,15H,3-10,12-13H2,1-2H3/b14-11-/t15-/m1/s1. The molecule has 18 heavy (non-hydrogen) atoms. The highest BCUT2D eigenvalue weighted by molar-refractivity contribution is 5.99. The van der Waals surface area contributed by atoms with E-state index in [-0.39, 0.29) is 5.41 Å². The molecule has 0 bridgehead atoms. The number of allylic oxidation sites excluding steroid dienone is 2. The molecule has 0 aliphatic heterocycles. The van der Waals surface area contributed by atoms with E-state index in [4.69, 9.17) is 0 Å². The van der Waals surface area contributed by atoms with Crippen molar-refractivity contribution in [2.45, 2.75) is 78.1 Å². The number of hydrogen-bond donors (Lipinski definition) is 0. The lowest BCUT2D eigenvalue weighted by molar-refractivity contribution is -0.115. The van der Waals surface area contributed by atoms with Crippen LogP contribution in [-0.4, -0.2) is 5.78 Å². The highest BCUT2D eigenvalue weighted by atomic mass is 16.1. The summed E-state index contributed by atoms with van der Waals surface area (Å²) >= 11 is 0. The molecule has 1 heteroatoms. The summed E-state index contributed by atoms with van der Waals surface area (Å²) in [6.45, 7) is 4.56. The average molecular weight is 248 g/mol. The summed E-state index contributed by atoms with van der Waals surface area (Å²) in [6.07, 6.45) is 14.8. The quantitative estimate of drug-likeness (QED) is 0.586. The van der Waals surface area contributed by atoms with Crippen molar-refractivity contribution in [2.75, 3.05) is 0 Å². The van der Waals surface area contributed by atoms with E-state index in [9.17, 15) is 4.79 Å². The maximum atomic E-state index is 12.2. The fourth-order valence-corrected chi connectivity index (χ4v) is 3.69. The molecule has 0 radical (unpaired) electrons. The van der Waals surface area contributed by atoms with E-state index in [1.807, 2.05) is 0 Å². The molecule has 2 aliphatic rings. The van der Waals surface area contributed by atoms with Crippen LogP contribution in [0.15, 0.2) is 11.6 Å². The molecule has 1 nitrogen and oxygen atoms in total. The number of Topliss-reactive ketones (excluding diaryl/α,β-unsaturated/α-hetero) is 1. The topological polar surface area (TPSA) is 17.1 Å². The molecule has 0 N–H and O–H groups in total. The van der Waals surface area contributed by atoms with Crippen molar-refractivity contribution in [2.24, 2.45) is 11.3 Å². The van der Waals surface area contributed by atoms with Crippen LogP contribution in [0, 0.1) is 11.3 Å². The van der Waals surface area contributed by atoms with Crippen LogP contribution in [0.5, 0.6) is 0 Å².